The third-order valence-electron chi connectivity index (χ3n) is 2.83. The number of hydrogen-bond donors (Lipinski definition) is 1. The summed E-state index contributed by atoms with van der Waals surface area (Å²) in [6, 6.07) is 18.2. The van der Waals surface area contributed by atoms with Gasteiger partial charge in [-0.3, -0.25) is 0 Å². The van der Waals surface area contributed by atoms with Gasteiger partial charge in [-0.1, -0.05) is 43.0 Å². The van der Waals surface area contributed by atoms with E-state index in [0.29, 0.717) is 0 Å². The zero-order valence-electron chi connectivity index (χ0n) is 11.4. The van der Waals surface area contributed by atoms with Gasteiger partial charge in [0, 0.05) is 17.5 Å². The Morgan fingerprint density at radius 2 is 1.95 bits per heavy atom. The SMILES string of the molecule is C=C(C)Nc1ccc(/C=C/C#N)c(-c2ccccc2)c1. The quantitative estimate of drug-likeness (QED) is 0.799. The summed E-state index contributed by atoms with van der Waals surface area (Å²) >= 11 is 0. The van der Waals surface area contributed by atoms with E-state index in [-0.39, 0.29) is 0 Å². The molecule has 0 aliphatic heterocycles. The lowest BCUT2D eigenvalue weighted by Gasteiger charge is -2.11. The first kappa shape index (κ1) is 13.6. The molecule has 2 aromatic rings. The van der Waals surface area contributed by atoms with Crippen LogP contribution in [0.5, 0.6) is 0 Å². The second-order valence-corrected chi connectivity index (χ2v) is 4.54. The Morgan fingerprint density at radius 3 is 2.60 bits per heavy atom. The molecule has 0 unspecified atom stereocenters. The van der Waals surface area contributed by atoms with Crippen molar-refractivity contribution in [2.45, 2.75) is 6.92 Å². The van der Waals surface area contributed by atoms with Crippen molar-refractivity contribution in [2.24, 2.45) is 0 Å². The van der Waals surface area contributed by atoms with Crippen molar-refractivity contribution in [1.29, 1.82) is 5.26 Å². The van der Waals surface area contributed by atoms with E-state index < -0.39 is 0 Å². The number of allylic oxidation sites excluding steroid dienone is 2. The predicted molar refractivity (Wildman–Crippen MR) is 85.0 cm³/mol. The molecule has 0 spiro atoms. The highest BCUT2D eigenvalue weighted by Crippen LogP contribution is 2.28. The average molecular weight is 260 g/mol. The Labute approximate surface area is 119 Å². The van der Waals surface area contributed by atoms with Gasteiger partial charge in [0.15, 0.2) is 0 Å². The summed E-state index contributed by atoms with van der Waals surface area (Å²) in [5, 5.41) is 11.9. The van der Waals surface area contributed by atoms with E-state index in [0.717, 1.165) is 28.1 Å². The Morgan fingerprint density at radius 1 is 1.20 bits per heavy atom. The minimum atomic E-state index is 0.893. The summed E-state index contributed by atoms with van der Waals surface area (Å²) < 4.78 is 0. The number of nitrogens with one attached hydrogen (secondary N) is 1. The molecule has 0 fully saturated rings. The number of benzene rings is 2. The maximum absolute atomic E-state index is 8.70. The topological polar surface area (TPSA) is 35.8 Å². The molecule has 0 atom stereocenters. The molecule has 20 heavy (non-hydrogen) atoms. The minimum absolute atomic E-state index is 0.893. The van der Waals surface area contributed by atoms with E-state index in [2.05, 4.69) is 30.1 Å². The molecule has 2 aromatic carbocycles. The van der Waals surface area contributed by atoms with Gasteiger partial charge in [0.2, 0.25) is 0 Å². The monoisotopic (exact) mass is 260 g/mol. The summed E-state index contributed by atoms with van der Waals surface area (Å²) in [6.07, 6.45) is 3.32. The van der Waals surface area contributed by atoms with E-state index in [1.54, 1.807) is 0 Å². The summed E-state index contributed by atoms with van der Waals surface area (Å²) in [5.74, 6) is 0. The Bertz CT molecular complexity index is 676. The van der Waals surface area contributed by atoms with Crippen LogP contribution < -0.4 is 5.32 Å². The molecular weight excluding hydrogens is 244 g/mol. The Hall–Kier alpha value is -2.79. The maximum atomic E-state index is 8.70. The lowest BCUT2D eigenvalue weighted by molar-refractivity contribution is 1.40. The lowest BCUT2D eigenvalue weighted by atomic mass is 9.98. The van der Waals surface area contributed by atoms with Gasteiger partial charge >= 0.3 is 0 Å². The smallest absolute Gasteiger partial charge is 0.0912 e. The van der Waals surface area contributed by atoms with Gasteiger partial charge in [-0.15, -0.1) is 0 Å². The molecule has 0 radical (unpaired) electrons. The van der Waals surface area contributed by atoms with E-state index >= 15 is 0 Å². The van der Waals surface area contributed by atoms with Crippen LogP contribution in [0.4, 0.5) is 5.69 Å². The molecule has 0 aromatic heterocycles. The fourth-order valence-electron chi connectivity index (χ4n) is 2.02. The third-order valence-corrected chi connectivity index (χ3v) is 2.83. The van der Waals surface area contributed by atoms with Crippen molar-refractivity contribution in [2.75, 3.05) is 5.32 Å². The normalized spacial score (nSPS) is 10.2. The van der Waals surface area contributed by atoms with Crippen LogP contribution in [0.1, 0.15) is 12.5 Å². The highest BCUT2D eigenvalue weighted by Gasteiger charge is 2.04. The number of nitrogens with zero attached hydrogens (tertiary/aromatic N) is 1. The molecule has 0 aliphatic rings. The third kappa shape index (κ3) is 3.37. The second-order valence-electron chi connectivity index (χ2n) is 4.54. The number of rotatable bonds is 4. The van der Waals surface area contributed by atoms with Crippen LogP contribution in [0.2, 0.25) is 0 Å². The second kappa shape index (κ2) is 6.40. The van der Waals surface area contributed by atoms with Crippen LogP contribution in [0.25, 0.3) is 17.2 Å². The molecule has 0 aliphatic carbocycles. The predicted octanol–water partition coefficient (Wildman–Crippen LogP) is 4.84. The van der Waals surface area contributed by atoms with Gasteiger partial charge in [0.25, 0.3) is 0 Å². The Balaban J connectivity index is 2.51. The van der Waals surface area contributed by atoms with Gasteiger partial charge in [-0.25, -0.2) is 0 Å². The fourth-order valence-corrected chi connectivity index (χ4v) is 2.02. The number of anilines is 1. The number of hydrogen-bond acceptors (Lipinski definition) is 2. The highest BCUT2D eigenvalue weighted by molar-refractivity contribution is 5.79. The van der Waals surface area contributed by atoms with Crippen LogP contribution in [0.15, 0.2) is 66.9 Å². The van der Waals surface area contributed by atoms with Gasteiger partial charge in [0.1, 0.15) is 0 Å². The molecule has 0 heterocycles. The fraction of sp³-hybridized carbons (Fsp3) is 0.0556. The van der Waals surface area contributed by atoms with E-state index in [9.17, 15) is 0 Å². The summed E-state index contributed by atoms with van der Waals surface area (Å²) in [4.78, 5) is 0. The first-order valence-electron chi connectivity index (χ1n) is 6.39. The van der Waals surface area contributed by atoms with Crippen molar-refractivity contribution in [3.8, 4) is 17.2 Å². The molecular formula is C18H16N2. The maximum Gasteiger partial charge on any atom is 0.0912 e. The van der Waals surface area contributed by atoms with Gasteiger partial charge in [-0.2, -0.15) is 5.26 Å². The molecule has 0 saturated carbocycles. The van der Waals surface area contributed by atoms with Crippen molar-refractivity contribution in [1.82, 2.24) is 0 Å². The van der Waals surface area contributed by atoms with Crippen LogP contribution in [-0.2, 0) is 0 Å². The van der Waals surface area contributed by atoms with E-state index in [4.69, 9.17) is 5.26 Å². The average Bonchev–Trinajstić information content (AvgIpc) is 2.46. The number of nitriles is 1. The molecule has 1 N–H and O–H groups in total. The van der Waals surface area contributed by atoms with E-state index in [1.807, 2.05) is 49.4 Å². The first-order chi connectivity index (χ1) is 9.70. The van der Waals surface area contributed by atoms with Crippen LogP contribution in [0.3, 0.4) is 0 Å². The van der Waals surface area contributed by atoms with Gasteiger partial charge < -0.3 is 5.32 Å². The van der Waals surface area contributed by atoms with E-state index in [1.165, 1.54) is 6.08 Å². The molecule has 2 nitrogen and oxygen atoms in total. The summed E-state index contributed by atoms with van der Waals surface area (Å²) in [7, 11) is 0. The Kier molecular flexibility index (Phi) is 4.36. The van der Waals surface area contributed by atoms with Crippen molar-refractivity contribution in [3.05, 3.63) is 72.4 Å². The molecule has 2 rings (SSSR count). The van der Waals surface area contributed by atoms with Crippen LogP contribution in [0, 0.1) is 11.3 Å². The molecule has 0 bridgehead atoms. The van der Waals surface area contributed by atoms with Gasteiger partial charge in [-0.05, 0) is 41.8 Å². The van der Waals surface area contributed by atoms with Gasteiger partial charge in [0.05, 0.1) is 6.07 Å². The summed E-state index contributed by atoms with van der Waals surface area (Å²) in [6.45, 7) is 5.78. The highest BCUT2D eigenvalue weighted by atomic mass is 14.9. The standard InChI is InChI=1S/C18H16N2/c1-14(2)20-17-11-10-16(9-6-12-19)18(13-17)15-7-4-3-5-8-15/h3-11,13,20H,1H2,2H3/b9-6+. The first-order valence-corrected chi connectivity index (χ1v) is 6.39. The van der Waals surface area contributed by atoms with Crippen molar-refractivity contribution in [3.63, 3.8) is 0 Å². The zero-order valence-corrected chi connectivity index (χ0v) is 11.4. The van der Waals surface area contributed by atoms with Crippen molar-refractivity contribution < 1.29 is 0 Å². The van der Waals surface area contributed by atoms with Crippen LogP contribution in [-0.4, -0.2) is 0 Å². The van der Waals surface area contributed by atoms with Crippen molar-refractivity contribution >= 4 is 11.8 Å². The largest absolute Gasteiger partial charge is 0.360 e. The zero-order chi connectivity index (χ0) is 14.4. The molecule has 98 valence electrons. The molecule has 0 saturated heterocycles. The lowest BCUT2D eigenvalue weighted by Crippen LogP contribution is -1.94. The molecule has 2 heteroatoms. The molecule has 0 amide bonds. The summed E-state index contributed by atoms with van der Waals surface area (Å²) in [5.41, 5.74) is 5.11. The minimum Gasteiger partial charge on any atom is -0.360 e. The van der Waals surface area contributed by atoms with Crippen LogP contribution >= 0.6 is 0 Å².